The van der Waals surface area contributed by atoms with Crippen LogP contribution in [0.3, 0.4) is 0 Å². The van der Waals surface area contributed by atoms with Gasteiger partial charge in [-0.1, -0.05) is 11.3 Å². The summed E-state index contributed by atoms with van der Waals surface area (Å²) in [6, 6.07) is 2.90. The average Bonchev–Trinajstić information content (AvgIpc) is 2.55. The Morgan fingerprint density at radius 3 is 2.78 bits per heavy atom. The van der Waals surface area contributed by atoms with Crippen molar-refractivity contribution < 1.29 is 22.7 Å². The average molecular weight is 280 g/mol. The number of primary amides is 1. The van der Waals surface area contributed by atoms with Gasteiger partial charge in [-0.2, -0.15) is 0 Å². The zero-order chi connectivity index (χ0) is 13.3. The van der Waals surface area contributed by atoms with Crippen LogP contribution in [0.2, 0.25) is 0 Å². The van der Waals surface area contributed by atoms with Crippen LogP contribution < -0.4 is 15.8 Å². The first-order valence-electron chi connectivity index (χ1n) is 4.56. The van der Waals surface area contributed by atoms with Crippen LogP contribution in [0.15, 0.2) is 18.2 Å². The van der Waals surface area contributed by atoms with Crippen LogP contribution in [-0.4, -0.2) is 17.4 Å². The number of aromatic nitrogens is 1. The number of hydrogen-bond acceptors (Lipinski definition) is 4. The largest absolute Gasteiger partial charge is 0.573 e. The molecule has 5 nitrogen and oxygen atoms in total. The van der Waals surface area contributed by atoms with Crippen molar-refractivity contribution in [3.8, 4) is 5.75 Å². The van der Waals surface area contributed by atoms with Gasteiger partial charge in [-0.25, -0.2) is 9.78 Å². The lowest BCUT2D eigenvalue weighted by Gasteiger charge is -2.07. The maximum absolute atomic E-state index is 12.0. The van der Waals surface area contributed by atoms with Crippen LogP contribution in [0.4, 0.5) is 23.1 Å². The van der Waals surface area contributed by atoms with Crippen molar-refractivity contribution in [2.45, 2.75) is 6.36 Å². The molecule has 0 unspecified atom stereocenters. The normalized spacial score (nSPS) is 11.5. The maximum Gasteiger partial charge on any atom is 0.573 e. The highest BCUT2D eigenvalue weighted by Gasteiger charge is 2.31. The summed E-state index contributed by atoms with van der Waals surface area (Å²) in [4.78, 5) is 14.6. The van der Waals surface area contributed by atoms with E-state index in [1.54, 1.807) is 0 Å². The first-order chi connectivity index (χ1) is 8.33. The highest BCUT2D eigenvalue weighted by Crippen LogP contribution is 2.31. The Morgan fingerprint density at radius 2 is 2.17 bits per heavy atom. The van der Waals surface area contributed by atoms with E-state index >= 15 is 0 Å². The van der Waals surface area contributed by atoms with E-state index in [1.807, 2.05) is 0 Å². The fourth-order valence-electron chi connectivity index (χ4n) is 1.26. The Kier molecular flexibility index (Phi) is 2.99. The second-order valence-electron chi connectivity index (χ2n) is 3.19. The Balaban J connectivity index is 2.30. The molecule has 0 saturated carbocycles. The maximum atomic E-state index is 12.0. The molecule has 0 fully saturated rings. The number of halogens is 3. The van der Waals surface area contributed by atoms with Gasteiger partial charge in [0.1, 0.15) is 5.75 Å². The van der Waals surface area contributed by atoms with E-state index in [2.05, 4.69) is 15.0 Å². The Labute approximate surface area is 102 Å². The number of benzene rings is 1. The van der Waals surface area contributed by atoms with E-state index in [0.29, 0.717) is 10.2 Å². The van der Waals surface area contributed by atoms with Crippen LogP contribution in [0.1, 0.15) is 0 Å². The van der Waals surface area contributed by atoms with Crippen molar-refractivity contribution in [1.82, 2.24) is 4.98 Å². The molecule has 0 bridgehead atoms. The van der Waals surface area contributed by atoms with Crippen LogP contribution in [0, 0.1) is 0 Å². The first-order valence-corrected chi connectivity index (χ1v) is 5.38. The molecular weight excluding hydrogens is 274 g/mol. The first kappa shape index (κ1) is 12.4. The summed E-state index contributed by atoms with van der Waals surface area (Å²) in [6.45, 7) is 0. The number of thiazole rings is 1. The van der Waals surface area contributed by atoms with Crippen LogP contribution in [-0.2, 0) is 0 Å². The topological polar surface area (TPSA) is 77.2 Å². The molecule has 0 spiro atoms. The van der Waals surface area contributed by atoms with Crippen molar-refractivity contribution in [3.63, 3.8) is 0 Å². The van der Waals surface area contributed by atoms with E-state index in [4.69, 9.17) is 5.73 Å². The monoisotopic (exact) mass is 280 g/mol. The number of hydrogen-bond donors (Lipinski definition) is 2. The SMILES string of the molecule is NC(=O)[15NH][13c]1[15n]c2ccc(OC(F)(F)F)cc2s1. The minimum atomic E-state index is -4.74. The van der Waals surface area contributed by atoms with Gasteiger partial charge >= 0.3 is 12.4 Å². The van der Waals surface area contributed by atoms with Gasteiger partial charge in [0.2, 0.25) is 0 Å². The molecule has 2 amide bonds. The third-order valence-corrected chi connectivity index (χ3v) is 2.76. The molecule has 1 aromatic heterocycles. The van der Waals surface area contributed by atoms with Gasteiger partial charge < -0.3 is 10.5 Å². The third kappa shape index (κ3) is 3.00. The number of amides is 2. The van der Waals surface area contributed by atoms with Gasteiger partial charge in [0, 0.05) is 6.07 Å². The van der Waals surface area contributed by atoms with Crippen molar-refractivity contribution in [2.75, 3.05) is 5.32 Å². The predicted molar refractivity (Wildman–Crippen MR) is 59.5 cm³/mol. The Morgan fingerprint density at radius 1 is 1.44 bits per heavy atom. The predicted octanol–water partition coefficient (Wildman–Crippen LogP) is 2.69. The van der Waals surface area contributed by atoms with Gasteiger partial charge in [0.15, 0.2) is 5.13 Å². The van der Waals surface area contributed by atoms with Crippen LogP contribution in [0.5, 0.6) is 5.75 Å². The van der Waals surface area contributed by atoms with Crippen LogP contribution >= 0.6 is 11.3 Å². The molecule has 0 aliphatic rings. The number of nitrogens with one attached hydrogen (secondary N) is 1. The number of rotatable bonds is 2. The minimum Gasteiger partial charge on any atom is -0.406 e. The summed E-state index contributed by atoms with van der Waals surface area (Å²) in [5.41, 5.74) is 5.35. The molecule has 0 atom stereocenters. The number of carbonyl (C=O) groups is 1. The molecule has 2 aromatic rings. The number of urea groups is 1. The van der Waals surface area contributed by atoms with E-state index in [0.717, 1.165) is 17.4 Å². The summed E-state index contributed by atoms with van der Waals surface area (Å²) in [6.07, 6.45) is -4.74. The highest BCUT2D eigenvalue weighted by atomic mass is 32.1. The fourth-order valence-corrected chi connectivity index (χ4v) is 2.16. The second kappa shape index (κ2) is 4.33. The molecule has 0 radical (unpaired) electrons. The van der Waals surface area contributed by atoms with Gasteiger partial charge in [0.25, 0.3) is 0 Å². The van der Waals surface area contributed by atoms with Crippen molar-refractivity contribution >= 4 is 32.7 Å². The number of anilines is 1. The molecule has 0 aliphatic carbocycles. The zero-order valence-corrected chi connectivity index (χ0v) is 9.43. The summed E-state index contributed by atoms with van der Waals surface area (Å²) >= 11 is 0.995. The second-order valence-corrected chi connectivity index (χ2v) is 4.22. The van der Waals surface area contributed by atoms with Gasteiger partial charge in [-0.15, -0.1) is 13.2 Å². The lowest BCUT2D eigenvalue weighted by molar-refractivity contribution is -0.274. The molecule has 9 heteroatoms. The number of carbonyl (C=O) groups excluding carboxylic acids is 1. The number of nitrogens with two attached hydrogens (primary N) is 1. The molecule has 2 rings (SSSR count). The smallest absolute Gasteiger partial charge is 0.406 e. The Hall–Kier alpha value is -2.03. The zero-order valence-electron chi connectivity index (χ0n) is 8.62. The summed E-state index contributed by atoms with van der Waals surface area (Å²) in [5.74, 6) is -0.343. The van der Waals surface area contributed by atoms with E-state index < -0.39 is 12.4 Å². The molecular formula is C9H6F3N3O2S. The van der Waals surface area contributed by atoms with E-state index in [9.17, 15) is 18.0 Å². The van der Waals surface area contributed by atoms with Crippen molar-refractivity contribution in [3.05, 3.63) is 18.2 Å². The van der Waals surface area contributed by atoms with Crippen molar-refractivity contribution in [2.24, 2.45) is 5.73 Å². The minimum absolute atomic E-state index is 0.210. The summed E-state index contributed by atoms with van der Waals surface area (Å²) < 4.78 is 40.2. The van der Waals surface area contributed by atoms with Crippen molar-refractivity contribution in [1.29, 1.82) is 0 Å². The number of nitrogens with zero attached hydrogens (tertiary/aromatic N) is 1. The Bertz CT molecular complexity index is 596. The molecule has 0 saturated heterocycles. The molecule has 1 heterocycles. The number of alkyl halides is 3. The van der Waals surface area contributed by atoms with Gasteiger partial charge in [0.05, 0.1) is 10.2 Å². The van der Waals surface area contributed by atoms with E-state index in [1.165, 1.54) is 12.1 Å². The summed E-state index contributed by atoms with van der Waals surface area (Å²) in [7, 11) is 0. The summed E-state index contributed by atoms with van der Waals surface area (Å²) in [5, 5.41) is 2.46. The van der Waals surface area contributed by atoms with Crippen LogP contribution in [0.25, 0.3) is 10.2 Å². The fraction of sp³-hybridized carbons (Fsp3) is 0.111. The molecule has 96 valence electrons. The van der Waals surface area contributed by atoms with E-state index in [-0.39, 0.29) is 10.9 Å². The van der Waals surface area contributed by atoms with Gasteiger partial charge in [-0.05, 0) is 12.1 Å². The quantitative estimate of drug-likeness (QED) is 0.830. The lowest BCUT2D eigenvalue weighted by atomic mass is 10.3. The van der Waals surface area contributed by atoms with Gasteiger partial charge in [-0.3, -0.25) is 5.32 Å². The number of fused-ring (bicyclic) bond motifs is 1. The molecule has 18 heavy (non-hydrogen) atoms. The molecule has 3 N–H and O–H groups in total. The molecule has 1 aromatic carbocycles. The number of ether oxygens (including phenoxy) is 1. The molecule has 0 aliphatic heterocycles. The lowest BCUT2D eigenvalue weighted by Crippen LogP contribution is -2.18. The third-order valence-electron chi connectivity index (χ3n) is 1.82. The highest BCUT2D eigenvalue weighted by molar-refractivity contribution is 7.22. The standard InChI is InChI=1S/C9H6F3N3O2S/c10-9(11,12)17-4-1-2-5-6(3-4)18-8(14-5)15-7(13)16/h1-3H,(H3,13,14,15,16)/i8+1,14+1,15+1.